The van der Waals surface area contributed by atoms with Crippen molar-refractivity contribution in [2.24, 2.45) is 0 Å². The molecule has 0 aliphatic rings. The second kappa shape index (κ2) is 8.60. The number of aliphatic carboxylic acids is 1. The fraction of sp³-hybridized carbons (Fsp3) is 0.474. The minimum atomic E-state index is -1.05. The number of aromatic nitrogens is 2. The van der Waals surface area contributed by atoms with Crippen LogP contribution < -0.4 is 5.32 Å². The summed E-state index contributed by atoms with van der Waals surface area (Å²) in [6.45, 7) is 5.98. The van der Waals surface area contributed by atoms with Crippen molar-refractivity contribution in [3.8, 4) is 0 Å². The number of carboxylic acid groups (broad SMARTS) is 1. The Balaban J connectivity index is 1.81. The molecule has 0 saturated carbocycles. The van der Waals surface area contributed by atoms with Gasteiger partial charge in [-0.05, 0) is 12.0 Å². The van der Waals surface area contributed by atoms with Crippen molar-refractivity contribution in [2.45, 2.75) is 57.9 Å². The predicted octanol–water partition coefficient (Wildman–Crippen LogP) is 2.50. The SMILES string of the molecule is CC(C)(C)c1noc(CCCC(=O)N[C@@H](Cc2ccccc2)C(=O)O)n1. The van der Waals surface area contributed by atoms with Crippen LogP contribution in [0.5, 0.6) is 0 Å². The summed E-state index contributed by atoms with van der Waals surface area (Å²) in [7, 11) is 0. The number of nitrogens with zero attached hydrogens (tertiary/aromatic N) is 2. The van der Waals surface area contributed by atoms with Gasteiger partial charge < -0.3 is 14.9 Å². The molecule has 0 saturated heterocycles. The normalized spacial score (nSPS) is 12.6. The van der Waals surface area contributed by atoms with E-state index in [4.69, 9.17) is 4.52 Å². The second-order valence-electron chi connectivity index (χ2n) is 7.26. The monoisotopic (exact) mass is 359 g/mol. The minimum Gasteiger partial charge on any atom is -0.480 e. The van der Waals surface area contributed by atoms with Gasteiger partial charge in [-0.3, -0.25) is 4.79 Å². The van der Waals surface area contributed by atoms with E-state index in [1.165, 1.54) is 0 Å². The van der Waals surface area contributed by atoms with Crippen LogP contribution in [0, 0.1) is 0 Å². The Morgan fingerprint density at radius 1 is 1.23 bits per heavy atom. The molecule has 1 heterocycles. The molecular weight excluding hydrogens is 334 g/mol. The molecule has 1 atom stereocenters. The van der Waals surface area contributed by atoms with E-state index in [0.29, 0.717) is 24.6 Å². The molecule has 0 unspecified atom stereocenters. The van der Waals surface area contributed by atoms with E-state index in [1.54, 1.807) is 0 Å². The van der Waals surface area contributed by atoms with Crippen LogP contribution in [0.25, 0.3) is 0 Å². The summed E-state index contributed by atoms with van der Waals surface area (Å²) in [5.74, 6) is -0.231. The van der Waals surface area contributed by atoms with Crippen molar-refractivity contribution in [3.05, 3.63) is 47.6 Å². The molecular formula is C19H25N3O4. The maximum atomic E-state index is 12.1. The third kappa shape index (κ3) is 5.98. The van der Waals surface area contributed by atoms with Crippen molar-refractivity contribution in [3.63, 3.8) is 0 Å². The predicted molar refractivity (Wildman–Crippen MR) is 95.6 cm³/mol. The molecule has 7 nitrogen and oxygen atoms in total. The Labute approximate surface area is 152 Å². The highest BCUT2D eigenvalue weighted by Crippen LogP contribution is 2.18. The number of carboxylic acids is 1. The molecule has 26 heavy (non-hydrogen) atoms. The molecule has 0 radical (unpaired) electrons. The molecule has 0 aliphatic heterocycles. The molecule has 7 heteroatoms. The Bertz CT molecular complexity index is 735. The zero-order valence-electron chi connectivity index (χ0n) is 15.4. The van der Waals surface area contributed by atoms with E-state index in [1.807, 2.05) is 51.1 Å². The van der Waals surface area contributed by atoms with Gasteiger partial charge in [-0.15, -0.1) is 0 Å². The maximum Gasteiger partial charge on any atom is 0.326 e. The lowest BCUT2D eigenvalue weighted by molar-refractivity contribution is -0.141. The summed E-state index contributed by atoms with van der Waals surface area (Å²) in [5.41, 5.74) is 0.673. The molecule has 2 rings (SSSR count). The third-order valence-corrected chi connectivity index (χ3v) is 3.85. The number of amides is 1. The van der Waals surface area contributed by atoms with Gasteiger partial charge >= 0.3 is 5.97 Å². The van der Waals surface area contributed by atoms with E-state index in [-0.39, 0.29) is 24.2 Å². The smallest absolute Gasteiger partial charge is 0.326 e. The van der Waals surface area contributed by atoms with Gasteiger partial charge in [0.15, 0.2) is 5.82 Å². The number of nitrogens with one attached hydrogen (secondary N) is 1. The highest BCUT2D eigenvalue weighted by Gasteiger charge is 2.22. The van der Waals surface area contributed by atoms with Crippen molar-refractivity contribution in [2.75, 3.05) is 0 Å². The van der Waals surface area contributed by atoms with E-state index in [9.17, 15) is 14.7 Å². The molecule has 1 aromatic carbocycles. The minimum absolute atomic E-state index is 0.189. The fourth-order valence-corrected chi connectivity index (χ4v) is 2.38. The second-order valence-corrected chi connectivity index (χ2v) is 7.26. The lowest BCUT2D eigenvalue weighted by atomic mass is 9.96. The number of hydrogen-bond acceptors (Lipinski definition) is 5. The van der Waals surface area contributed by atoms with E-state index in [2.05, 4.69) is 15.5 Å². The Morgan fingerprint density at radius 2 is 1.92 bits per heavy atom. The number of rotatable bonds is 8. The van der Waals surface area contributed by atoms with Crippen LogP contribution in [0.3, 0.4) is 0 Å². The number of benzene rings is 1. The quantitative estimate of drug-likeness (QED) is 0.750. The number of aryl methyl sites for hydroxylation is 1. The van der Waals surface area contributed by atoms with Crippen LogP contribution in [0.4, 0.5) is 0 Å². The molecule has 0 fully saturated rings. The molecule has 2 N–H and O–H groups in total. The van der Waals surface area contributed by atoms with E-state index in [0.717, 1.165) is 5.56 Å². The zero-order valence-corrected chi connectivity index (χ0v) is 15.4. The van der Waals surface area contributed by atoms with Crippen LogP contribution in [-0.4, -0.2) is 33.2 Å². The van der Waals surface area contributed by atoms with Gasteiger partial charge in [0.25, 0.3) is 0 Å². The molecule has 1 aromatic heterocycles. The van der Waals surface area contributed by atoms with Crippen molar-refractivity contribution in [1.29, 1.82) is 0 Å². The first-order valence-electron chi connectivity index (χ1n) is 8.65. The molecule has 140 valence electrons. The van der Waals surface area contributed by atoms with E-state index < -0.39 is 12.0 Å². The van der Waals surface area contributed by atoms with Crippen LogP contribution in [0.15, 0.2) is 34.9 Å². The molecule has 0 aliphatic carbocycles. The summed E-state index contributed by atoms with van der Waals surface area (Å²) in [6.07, 6.45) is 1.44. The highest BCUT2D eigenvalue weighted by molar-refractivity contribution is 5.83. The van der Waals surface area contributed by atoms with Gasteiger partial charge in [-0.1, -0.05) is 56.3 Å². The first-order chi connectivity index (χ1) is 12.3. The van der Waals surface area contributed by atoms with Gasteiger partial charge in [-0.25, -0.2) is 4.79 Å². The maximum absolute atomic E-state index is 12.1. The van der Waals surface area contributed by atoms with Crippen LogP contribution >= 0.6 is 0 Å². The van der Waals surface area contributed by atoms with Crippen LogP contribution in [-0.2, 0) is 27.8 Å². The first kappa shape index (κ1) is 19.6. The Kier molecular flexibility index (Phi) is 6.49. The van der Waals surface area contributed by atoms with Gasteiger partial charge in [0.2, 0.25) is 11.8 Å². The van der Waals surface area contributed by atoms with E-state index >= 15 is 0 Å². The average molecular weight is 359 g/mol. The lowest BCUT2D eigenvalue weighted by Crippen LogP contribution is -2.42. The topological polar surface area (TPSA) is 105 Å². The Hall–Kier alpha value is -2.70. The van der Waals surface area contributed by atoms with Crippen molar-refractivity contribution < 1.29 is 19.2 Å². The Morgan fingerprint density at radius 3 is 2.50 bits per heavy atom. The van der Waals surface area contributed by atoms with Crippen LogP contribution in [0.1, 0.15) is 50.9 Å². The fourth-order valence-electron chi connectivity index (χ4n) is 2.38. The van der Waals surface area contributed by atoms with Gasteiger partial charge in [0.1, 0.15) is 6.04 Å². The van der Waals surface area contributed by atoms with Crippen LogP contribution in [0.2, 0.25) is 0 Å². The van der Waals surface area contributed by atoms with Crippen molar-refractivity contribution in [1.82, 2.24) is 15.5 Å². The summed E-state index contributed by atoms with van der Waals surface area (Å²) in [4.78, 5) is 27.8. The van der Waals surface area contributed by atoms with Gasteiger partial charge in [0, 0.05) is 24.7 Å². The summed E-state index contributed by atoms with van der Waals surface area (Å²) in [5, 5.41) is 15.8. The summed E-state index contributed by atoms with van der Waals surface area (Å²) >= 11 is 0. The molecule has 2 aromatic rings. The zero-order chi connectivity index (χ0) is 19.2. The standard InChI is InChI=1S/C19H25N3O4/c1-19(2,3)18-21-16(26-22-18)11-7-10-15(23)20-14(17(24)25)12-13-8-5-4-6-9-13/h4-6,8-9,14H,7,10-12H2,1-3H3,(H,20,23)(H,24,25)/t14-/m0/s1. The molecule has 0 bridgehead atoms. The molecule has 1 amide bonds. The average Bonchev–Trinajstić information content (AvgIpc) is 3.04. The number of carbonyl (C=O) groups is 2. The number of carbonyl (C=O) groups excluding carboxylic acids is 1. The first-order valence-corrected chi connectivity index (χ1v) is 8.65. The number of hydrogen-bond donors (Lipinski definition) is 2. The molecule has 0 spiro atoms. The highest BCUT2D eigenvalue weighted by atomic mass is 16.5. The summed E-state index contributed by atoms with van der Waals surface area (Å²) in [6, 6.07) is 8.27. The largest absolute Gasteiger partial charge is 0.480 e. The van der Waals surface area contributed by atoms with Gasteiger partial charge in [-0.2, -0.15) is 4.98 Å². The van der Waals surface area contributed by atoms with Gasteiger partial charge in [0.05, 0.1) is 0 Å². The van der Waals surface area contributed by atoms with Crippen molar-refractivity contribution >= 4 is 11.9 Å². The summed E-state index contributed by atoms with van der Waals surface area (Å²) < 4.78 is 5.18. The third-order valence-electron chi connectivity index (χ3n) is 3.85. The lowest BCUT2D eigenvalue weighted by Gasteiger charge is -2.14.